The molecule has 0 aromatic rings. The fourth-order valence-electron chi connectivity index (χ4n) is 1.45. The van der Waals surface area contributed by atoms with Gasteiger partial charge in [0.1, 0.15) is 0 Å². The molecule has 0 amide bonds. The first-order valence-corrected chi connectivity index (χ1v) is 4.82. The van der Waals surface area contributed by atoms with Gasteiger partial charge < -0.3 is 14.8 Å². The van der Waals surface area contributed by atoms with E-state index in [-0.39, 0.29) is 12.2 Å². The maximum absolute atomic E-state index is 5.63. The van der Waals surface area contributed by atoms with Gasteiger partial charge >= 0.3 is 0 Å². The predicted molar refractivity (Wildman–Crippen MR) is 48.3 cm³/mol. The number of hydrogen-bond acceptors (Lipinski definition) is 3. The molecule has 12 heavy (non-hydrogen) atoms. The largest absolute Gasteiger partial charge is 0.374 e. The van der Waals surface area contributed by atoms with Crippen LogP contribution in [0.15, 0.2) is 0 Å². The summed E-state index contributed by atoms with van der Waals surface area (Å²) in [4.78, 5) is 0. The Bertz CT molecular complexity index is 119. The maximum Gasteiger partial charge on any atom is 0.0973 e. The average Bonchev–Trinajstić information content (AvgIpc) is 2.50. The van der Waals surface area contributed by atoms with Crippen molar-refractivity contribution in [3.63, 3.8) is 0 Å². The number of ether oxygens (including phenoxy) is 2. The molecule has 1 aliphatic heterocycles. The Morgan fingerprint density at radius 2 is 1.83 bits per heavy atom. The van der Waals surface area contributed by atoms with Crippen LogP contribution in [-0.4, -0.2) is 38.5 Å². The Morgan fingerprint density at radius 3 is 2.42 bits per heavy atom. The van der Waals surface area contributed by atoms with E-state index in [1.165, 1.54) is 0 Å². The topological polar surface area (TPSA) is 30.5 Å². The molecule has 1 fully saturated rings. The van der Waals surface area contributed by atoms with E-state index in [0.717, 1.165) is 32.7 Å². The Balaban J connectivity index is 2.20. The molecule has 2 atom stereocenters. The second-order valence-corrected chi connectivity index (χ2v) is 3.06. The summed E-state index contributed by atoms with van der Waals surface area (Å²) >= 11 is 0. The van der Waals surface area contributed by atoms with Crippen LogP contribution in [0.3, 0.4) is 0 Å². The van der Waals surface area contributed by atoms with E-state index < -0.39 is 0 Å². The molecule has 0 unspecified atom stereocenters. The molecule has 1 aliphatic rings. The molecule has 1 rings (SSSR count). The SMILES string of the molecule is CCCO[C@@H]1CNC[C@H]1OCC. The van der Waals surface area contributed by atoms with E-state index in [2.05, 4.69) is 12.2 Å². The second-order valence-electron chi connectivity index (χ2n) is 3.06. The van der Waals surface area contributed by atoms with E-state index in [1.807, 2.05) is 6.92 Å². The van der Waals surface area contributed by atoms with Crippen LogP contribution < -0.4 is 5.32 Å². The van der Waals surface area contributed by atoms with E-state index in [4.69, 9.17) is 9.47 Å². The van der Waals surface area contributed by atoms with Crippen molar-refractivity contribution >= 4 is 0 Å². The first-order valence-electron chi connectivity index (χ1n) is 4.82. The van der Waals surface area contributed by atoms with Crippen LogP contribution in [0.1, 0.15) is 20.3 Å². The molecular weight excluding hydrogens is 154 g/mol. The average molecular weight is 173 g/mol. The third kappa shape index (κ3) is 2.73. The summed E-state index contributed by atoms with van der Waals surface area (Å²) in [6.07, 6.45) is 1.61. The van der Waals surface area contributed by atoms with Gasteiger partial charge in [-0.15, -0.1) is 0 Å². The first kappa shape index (κ1) is 9.96. The van der Waals surface area contributed by atoms with E-state index >= 15 is 0 Å². The summed E-state index contributed by atoms with van der Waals surface area (Å²) in [5, 5.41) is 3.27. The first-order chi connectivity index (χ1) is 5.88. The molecule has 72 valence electrons. The number of nitrogens with one attached hydrogen (secondary N) is 1. The zero-order chi connectivity index (χ0) is 8.81. The molecule has 1 saturated heterocycles. The Kier molecular flexibility index (Phi) is 4.58. The van der Waals surface area contributed by atoms with Gasteiger partial charge in [-0.2, -0.15) is 0 Å². The molecule has 0 spiro atoms. The van der Waals surface area contributed by atoms with Gasteiger partial charge in [0.15, 0.2) is 0 Å². The van der Waals surface area contributed by atoms with Crippen LogP contribution >= 0.6 is 0 Å². The predicted octanol–water partition coefficient (Wildman–Crippen LogP) is 0.790. The third-order valence-corrected chi connectivity index (χ3v) is 2.02. The molecule has 0 bridgehead atoms. The molecule has 0 saturated carbocycles. The summed E-state index contributed by atoms with van der Waals surface area (Å²) in [5.74, 6) is 0. The minimum atomic E-state index is 0.265. The molecule has 3 nitrogen and oxygen atoms in total. The van der Waals surface area contributed by atoms with Crippen molar-refractivity contribution in [1.29, 1.82) is 0 Å². The second kappa shape index (κ2) is 5.51. The van der Waals surface area contributed by atoms with Crippen molar-refractivity contribution in [3.05, 3.63) is 0 Å². The van der Waals surface area contributed by atoms with Crippen LogP contribution in [0, 0.1) is 0 Å². The highest BCUT2D eigenvalue weighted by Gasteiger charge is 2.27. The molecule has 1 N–H and O–H groups in total. The lowest BCUT2D eigenvalue weighted by Crippen LogP contribution is -2.30. The fourth-order valence-corrected chi connectivity index (χ4v) is 1.45. The van der Waals surface area contributed by atoms with Gasteiger partial charge in [-0.1, -0.05) is 6.92 Å². The van der Waals surface area contributed by atoms with Gasteiger partial charge in [0, 0.05) is 26.3 Å². The third-order valence-electron chi connectivity index (χ3n) is 2.02. The lowest BCUT2D eigenvalue weighted by Gasteiger charge is -2.18. The Hall–Kier alpha value is -0.120. The van der Waals surface area contributed by atoms with Gasteiger partial charge in [0.25, 0.3) is 0 Å². The molecule has 0 aliphatic carbocycles. The van der Waals surface area contributed by atoms with Crippen LogP contribution in [0.25, 0.3) is 0 Å². The van der Waals surface area contributed by atoms with Crippen LogP contribution in [0.5, 0.6) is 0 Å². The van der Waals surface area contributed by atoms with Gasteiger partial charge in [-0.25, -0.2) is 0 Å². The summed E-state index contributed by atoms with van der Waals surface area (Å²) in [7, 11) is 0. The highest BCUT2D eigenvalue weighted by Crippen LogP contribution is 2.09. The van der Waals surface area contributed by atoms with Crippen molar-refractivity contribution in [2.24, 2.45) is 0 Å². The summed E-state index contributed by atoms with van der Waals surface area (Å²) in [6, 6.07) is 0. The van der Waals surface area contributed by atoms with E-state index in [0.29, 0.717) is 0 Å². The quantitative estimate of drug-likeness (QED) is 0.666. The van der Waals surface area contributed by atoms with Crippen LogP contribution in [0.4, 0.5) is 0 Å². The maximum atomic E-state index is 5.63. The van der Waals surface area contributed by atoms with Gasteiger partial charge in [0.2, 0.25) is 0 Å². The van der Waals surface area contributed by atoms with E-state index in [1.54, 1.807) is 0 Å². The lowest BCUT2D eigenvalue weighted by atomic mass is 10.2. The highest BCUT2D eigenvalue weighted by atomic mass is 16.5. The highest BCUT2D eigenvalue weighted by molar-refractivity contribution is 4.82. The van der Waals surface area contributed by atoms with E-state index in [9.17, 15) is 0 Å². The van der Waals surface area contributed by atoms with Gasteiger partial charge in [-0.05, 0) is 13.3 Å². The molecular formula is C9H19NO2. The smallest absolute Gasteiger partial charge is 0.0973 e. The zero-order valence-electron chi connectivity index (χ0n) is 8.01. The normalized spacial score (nSPS) is 29.5. The molecule has 3 heteroatoms. The summed E-state index contributed by atoms with van der Waals surface area (Å²) < 4.78 is 11.2. The summed E-state index contributed by atoms with van der Waals surface area (Å²) in [6.45, 7) is 7.63. The Morgan fingerprint density at radius 1 is 1.17 bits per heavy atom. The van der Waals surface area contributed by atoms with Crippen LogP contribution in [-0.2, 0) is 9.47 Å². The Labute approximate surface area is 74.4 Å². The monoisotopic (exact) mass is 173 g/mol. The van der Waals surface area contributed by atoms with Gasteiger partial charge in [0.05, 0.1) is 12.2 Å². The number of rotatable bonds is 5. The molecule has 0 aromatic heterocycles. The lowest BCUT2D eigenvalue weighted by molar-refractivity contribution is -0.0425. The molecule has 1 heterocycles. The van der Waals surface area contributed by atoms with Gasteiger partial charge in [-0.3, -0.25) is 0 Å². The fraction of sp³-hybridized carbons (Fsp3) is 1.00. The molecule has 0 aromatic carbocycles. The zero-order valence-corrected chi connectivity index (χ0v) is 8.01. The minimum absolute atomic E-state index is 0.265. The minimum Gasteiger partial charge on any atom is -0.374 e. The van der Waals surface area contributed by atoms with Crippen molar-refractivity contribution < 1.29 is 9.47 Å². The van der Waals surface area contributed by atoms with Crippen molar-refractivity contribution in [2.45, 2.75) is 32.5 Å². The molecule has 0 radical (unpaired) electrons. The number of hydrogen-bond donors (Lipinski definition) is 1. The van der Waals surface area contributed by atoms with Crippen molar-refractivity contribution in [1.82, 2.24) is 5.32 Å². The van der Waals surface area contributed by atoms with Crippen molar-refractivity contribution in [3.8, 4) is 0 Å². The van der Waals surface area contributed by atoms with Crippen molar-refractivity contribution in [2.75, 3.05) is 26.3 Å². The van der Waals surface area contributed by atoms with Crippen LogP contribution in [0.2, 0.25) is 0 Å². The standard InChI is InChI=1S/C9H19NO2/c1-3-5-12-9-7-10-6-8(9)11-4-2/h8-10H,3-7H2,1-2H3/t8-,9-/m1/s1. The summed E-state index contributed by atoms with van der Waals surface area (Å²) in [5.41, 5.74) is 0.